The Labute approximate surface area is 103 Å². The van der Waals surface area contributed by atoms with E-state index in [1.165, 1.54) is 19.4 Å². The van der Waals surface area contributed by atoms with Crippen molar-refractivity contribution in [2.24, 2.45) is 0 Å². The second-order valence-electron chi connectivity index (χ2n) is 3.35. The third-order valence-electron chi connectivity index (χ3n) is 1.95. The Kier molecular flexibility index (Phi) is 5.14. The number of nitrogens with one attached hydrogen (secondary N) is 1. The third kappa shape index (κ3) is 4.18. The molecule has 0 saturated heterocycles. The number of halogens is 1. The minimum atomic E-state index is -1.09. The van der Waals surface area contributed by atoms with Gasteiger partial charge < -0.3 is 20.3 Å². The van der Waals surface area contributed by atoms with Gasteiger partial charge in [0.15, 0.2) is 0 Å². The zero-order valence-corrected chi connectivity index (χ0v) is 9.94. The minimum absolute atomic E-state index is 0.0120. The van der Waals surface area contributed by atoms with Crippen LogP contribution in [0, 0.1) is 0 Å². The average Bonchev–Trinajstić information content (AvgIpc) is 2.27. The molecule has 0 bridgehead atoms. The topological polar surface area (TPSA) is 91.7 Å². The number of aliphatic hydroxyl groups is 1. The van der Waals surface area contributed by atoms with E-state index in [9.17, 15) is 9.90 Å². The van der Waals surface area contributed by atoms with E-state index in [1.54, 1.807) is 0 Å². The number of aromatic carboxylic acids is 1. The van der Waals surface area contributed by atoms with Crippen LogP contribution in [0.4, 0.5) is 5.82 Å². The Morgan fingerprint density at radius 1 is 1.71 bits per heavy atom. The molecule has 1 rings (SSSR count). The lowest BCUT2D eigenvalue weighted by molar-refractivity contribution is 0.0696. The summed E-state index contributed by atoms with van der Waals surface area (Å²) in [6, 6.07) is 1.29. The van der Waals surface area contributed by atoms with Gasteiger partial charge in [-0.2, -0.15) is 0 Å². The minimum Gasteiger partial charge on any atom is -0.478 e. The summed E-state index contributed by atoms with van der Waals surface area (Å²) >= 11 is 5.83. The average molecular weight is 261 g/mol. The van der Waals surface area contributed by atoms with Crippen LogP contribution in [0.1, 0.15) is 10.4 Å². The number of hydrogen-bond donors (Lipinski definition) is 3. The van der Waals surface area contributed by atoms with Crippen LogP contribution < -0.4 is 5.32 Å². The Morgan fingerprint density at radius 3 is 2.94 bits per heavy atom. The van der Waals surface area contributed by atoms with E-state index in [4.69, 9.17) is 21.4 Å². The van der Waals surface area contributed by atoms with Crippen molar-refractivity contribution in [2.75, 3.05) is 25.6 Å². The maximum atomic E-state index is 10.6. The monoisotopic (exact) mass is 260 g/mol. The molecule has 94 valence electrons. The highest BCUT2D eigenvalue weighted by atomic mass is 35.5. The number of aliphatic hydroxyl groups excluding tert-OH is 1. The van der Waals surface area contributed by atoms with E-state index in [-0.39, 0.29) is 23.7 Å². The van der Waals surface area contributed by atoms with Crippen molar-refractivity contribution in [1.29, 1.82) is 0 Å². The van der Waals surface area contributed by atoms with Crippen LogP contribution in [0.3, 0.4) is 0 Å². The molecule has 1 heterocycles. The highest BCUT2D eigenvalue weighted by Crippen LogP contribution is 2.19. The predicted octanol–water partition coefficient (Wildman–Crippen LogP) is 0.852. The summed E-state index contributed by atoms with van der Waals surface area (Å²) in [6.45, 7) is 0.408. The first-order valence-corrected chi connectivity index (χ1v) is 5.22. The summed E-state index contributed by atoms with van der Waals surface area (Å²) in [5.41, 5.74) is 0.0120. The van der Waals surface area contributed by atoms with Crippen molar-refractivity contribution in [3.8, 4) is 0 Å². The SMILES string of the molecule is COCC(O)CNc1ncc(C(=O)O)cc1Cl. The van der Waals surface area contributed by atoms with Crippen LogP contribution in [-0.4, -0.2) is 47.5 Å². The quantitative estimate of drug-likeness (QED) is 0.702. The Hall–Kier alpha value is -1.37. The molecule has 1 aromatic heterocycles. The number of pyridine rings is 1. The standard InChI is InChI=1S/C10H13ClN2O4/c1-17-5-7(14)4-13-9-8(11)2-6(3-12-9)10(15)16/h2-3,7,14H,4-5H2,1H3,(H,12,13)(H,15,16). The summed E-state index contributed by atoms with van der Waals surface area (Å²) in [5.74, 6) is -0.766. The molecule has 0 spiro atoms. The van der Waals surface area contributed by atoms with E-state index in [1.807, 2.05) is 0 Å². The molecule has 6 nitrogen and oxygen atoms in total. The van der Waals surface area contributed by atoms with Crippen LogP contribution in [0.5, 0.6) is 0 Å². The molecule has 0 aromatic carbocycles. The van der Waals surface area contributed by atoms with Crippen molar-refractivity contribution in [2.45, 2.75) is 6.10 Å². The van der Waals surface area contributed by atoms with Gasteiger partial charge >= 0.3 is 5.97 Å². The lowest BCUT2D eigenvalue weighted by atomic mass is 10.3. The zero-order valence-electron chi connectivity index (χ0n) is 9.18. The fourth-order valence-electron chi connectivity index (χ4n) is 1.15. The summed E-state index contributed by atoms with van der Waals surface area (Å²) < 4.78 is 4.75. The molecule has 0 amide bonds. The maximum Gasteiger partial charge on any atom is 0.337 e. The number of rotatable bonds is 6. The van der Waals surface area contributed by atoms with Crippen LogP contribution in [-0.2, 0) is 4.74 Å². The number of ether oxygens (including phenoxy) is 1. The van der Waals surface area contributed by atoms with Crippen LogP contribution in [0.2, 0.25) is 5.02 Å². The fraction of sp³-hybridized carbons (Fsp3) is 0.400. The third-order valence-corrected chi connectivity index (χ3v) is 2.24. The summed E-state index contributed by atoms with van der Waals surface area (Å²) in [7, 11) is 1.48. The highest BCUT2D eigenvalue weighted by Gasteiger charge is 2.09. The normalized spacial score (nSPS) is 12.2. The molecule has 0 aliphatic carbocycles. The molecule has 7 heteroatoms. The summed E-state index contributed by atoms with van der Waals surface area (Å²) in [5, 5.41) is 21.1. The number of anilines is 1. The van der Waals surface area contributed by atoms with Gasteiger partial charge in [-0.05, 0) is 6.07 Å². The van der Waals surface area contributed by atoms with Gasteiger partial charge in [-0.15, -0.1) is 0 Å². The lowest BCUT2D eigenvalue weighted by Gasteiger charge is -2.12. The van der Waals surface area contributed by atoms with Crippen LogP contribution >= 0.6 is 11.6 Å². The smallest absolute Gasteiger partial charge is 0.337 e. The Morgan fingerprint density at radius 2 is 2.41 bits per heavy atom. The molecule has 0 aliphatic rings. The Bertz CT molecular complexity index is 400. The van der Waals surface area contributed by atoms with Gasteiger partial charge in [0.1, 0.15) is 5.82 Å². The van der Waals surface area contributed by atoms with Crippen molar-refractivity contribution >= 4 is 23.4 Å². The number of carboxylic acids is 1. The molecular formula is C10H13ClN2O4. The maximum absolute atomic E-state index is 10.6. The molecule has 1 aromatic rings. The van der Waals surface area contributed by atoms with E-state index in [0.717, 1.165) is 0 Å². The van der Waals surface area contributed by atoms with Crippen LogP contribution in [0.25, 0.3) is 0 Å². The van der Waals surface area contributed by atoms with Gasteiger partial charge in [0.25, 0.3) is 0 Å². The van der Waals surface area contributed by atoms with Crippen molar-refractivity contribution < 1.29 is 19.7 Å². The molecule has 0 aliphatic heterocycles. The molecule has 0 saturated carbocycles. The van der Waals surface area contributed by atoms with Gasteiger partial charge in [-0.3, -0.25) is 0 Å². The summed E-state index contributed by atoms with van der Waals surface area (Å²) in [4.78, 5) is 14.5. The first kappa shape index (κ1) is 13.7. The van der Waals surface area contributed by atoms with E-state index in [0.29, 0.717) is 5.82 Å². The molecule has 17 heavy (non-hydrogen) atoms. The van der Waals surface area contributed by atoms with Crippen LogP contribution in [0.15, 0.2) is 12.3 Å². The first-order chi connectivity index (χ1) is 8.04. The second kappa shape index (κ2) is 6.39. The number of carboxylic acid groups (broad SMARTS) is 1. The van der Waals surface area contributed by atoms with Crippen molar-refractivity contribution in [3.63, 3.8) is 0 Å². The number of hydrogen-bond acceptors (Lipinski definition) is 5. The molecule has 3 N–H and O–H groups in total. The number of carbonyl (C=O) groups is 1. The fourth-order valence-corrected chi connectivity index (χ4v) is 1.38. The van der Waals surface area contributed by atoms with E-state index in [2.05, 4.69) is 10.3 Å². The van der Waals surface area contributed by atoms with E-state index >= 15 is 0 Å². The highest BCUT2D eigenvalue weighted by molar-refractivity contribution is 6.33. The molecule has 0 fully saturated rings. The molecular weight excluding hydrogens is 248 g/mol. The first-order valence-electron chi connectivity index (χ1n) is 4.84. The lowest BCUT2D eigenvalue weighted by Crippen LogP contribution is -2.24. The van der Waals surface area contributed by atoms with Gasteiger partial charge in [0.05, 0.1) is 23.3 Å². The van der Waals surface area contributed by atoms with Crippen molar-refractivity contribution in [1.82, 2.24) is 4.98 Å². The number of aromatic nitrogens is 1. The Balaban J connectivity index is 2.63. The van der Waals surface area contributed by atoms with Gasteiger partial charge in [-0.1, -0.05) is 11.6 Å². The summed E-state index contributed by atoms with van der Waals surface area (Å²) in [6.07, 6.45) is 0.510. The number of nitrogens with zero attached hydrogens (tertiary/aromatic N) is 1. The van der Waals surface area contributed by atoms with Crippen molar-refractivity contribution in [3.05, 3.63) is 22.8 Å². The molecule has 0 radical (unpaired) electrons. The molecule has 1 atom stereocenters. The van der Waals surface area contributed by atoms with Gasteiger partial charge in [0, 0.05) is 19.9 Å². The zero-order chi connectivity index (χ0) is 12.8. The second-order valence-corrected chi connectivity index (χ2v) is 3.76. The van der Waals surface area contributed by atoms with Gasteiger partial charge in [-0.25, -0.2) is 9.78 Å². The predicted molar refractivity (Wildman–Crippen MR) is 62.6 cm³/mol. The largest absolute Gasteiger partial charge is 0.478 e. The molecule has 1 unspecified atom stereocenters. The number of methoxy groups -OCH3 is 1. The van der Waals surface area contributed by atoms with E-state index < -0.39 is 12.1 Å². The van der Waals surface area contributed by atoms with Gasteiger partial charge in [0.2, 0.25) is 0 Å².